The van der Waals surface area contributed by atoms with Gasteiger partial charge in [0.05, 0.1) is 5.69 Å². The average Bonchev–Trinajstić information content (AvgIpc) is 2.59. The van der Waals surface area contributed by atoms with E-state index in [1.165, 1.54) is 38.5 Å². The van der Waals surface area contributed by atoms with E-state index in [2.05, 4.69) is 10.2 Å². The summed E-state index contributed by atoms with van der Waals surface area (Å²) in [6.07, 6.45) is 9.59. The van der Waals surface area contributed by atoms with Crippen LogP contribution in [0.25, 0.3) is 0 Å². The van der Waals surface area contributed by atoms with Crippen LogP contribution in [-0.2, 0) is 4.74 Å². The van der Waals surface area contributed by atoms with E-state index < -0.39 is 5.72 Å². The highest BCUT2D eigenvalue weighted by molar-refractivity contribution is 5.34. The van der Waals surface area contributed by atoms with Crippen LogP contribution in [0, 0.1) is 0 Å². The van der Waals surface area contributed by atoms with Gasteiger partial charge in [-0.3, -0.25) is 0 Å². The van der Waals surface area contributed by atoms with E-state index in [1.807, 2.05) is 30.3 Å². The molecular formula is C16H24N2O. The number of azo groups is 1. The second-order valence-electron chi connectivity index (χ2n) is 5.31. The standard InChI is InChI=1S/C16H24N2O/c1-19-16(13-9-4-2-3-5-10-14-16)18-17-15-11-7-6-8-12-15/h6-8,11-12H,2-5,9-10,13-14H2,1H3. The summed E-state index contributed by atoms with van der Waals surface area (Å²) in [7, 11) is 1.77. The van der Waals surface area contributed by atoms with E-state index in [4.69, 9.17) is 4.74 Å². The fourth-order valence-corrected chi connectivity index (χ4v) is 2.62. The van der Waals surface area contributed by atoms with Crippen molar-refractivity contribution in [1.29, 1.82) is 0 Å². The maximum absolute atomic E-state index is 5.73. The van der Waals surface area contributed by atoms with Crippen molar-refractivity contribution in [3.63, 3.8) is 0 Å². The third-order valence-electron chi connectivity index (χ3n) is 3.87. The molecule has 3 heteroatoms. The number of ether oxygens (including phenoxy) is 1. The highest BCUT2D eigenvalue weighted by atomic mass is 16.5. The van der Waals surface area contributed by atoms with Crippen LogP contribution < -0.4 is 0 Å². The van der Waals surface area contributed by atoms with Crippen molar-refractivity contribution in [1.82, 2.24) is 0 Å². The van der Waals surface area contributed by atoms with Gasteiger partial charge in [-0.25, -0.2) is 0 Å². The van der Waals surface area contributed by atoms with Crippen LogP contribution in [0.2, 0.25) is 0 Å². The molecule has 0 amide bonds. The fraction of sp³-hybridized carbons (Fsp3) is 0.625. The van der Waals surface area contributed by atoms with Crippen molar-refractivity contribution in [2.24, 2.45) is 10.2 Å². The molecule has 0 aliphatic heterocycles. The lowest BCUT2D eigenvalue weighted by Crippen LogP contribution is -2.28. The van der Waals surface area contributed by atoms with E-state index in [-0.39, 0.29) is 0 Å². The summed E-state index contributed by atoms with van der Waals surface area (Å²) in [5, 5.41) is 8.93. The number of rotatable bonds is 3. The van der Waals surface area contributed by atoms with Crippen molar-refractivity contribution in [2.75, 3.05) is 7.11 Å². The van der Waals surface area contributed by atoms with Crippen LogP contribution >= 0.6 is 0 Å². The van der Waals surface area contributed by atoms with Gasteiger partial charge in [-0.1, -0.05) is 43.9 Å². The molecule has 0 aromatic heterocycles. The number of hydrogen-bond acceptors (Lipinski definition) is 3. The Morgan fingerprint density at radius 2 is 1.47 bits per heavy atom. The molecule has 1 aromatic rings. The smallest absolute Gasteiger partial charge is 0.178 e. The summed E-state index contributed by atoms with van der Waals surface area (Å²) in [5.41, 5.74) is 0.499. The predicted molar refractivity (Wildman–Crippen MR) is 77.6 cm³/mol. The van der Waals surface area contributed by atoms with Gasteiger partial charge in [0.2, 0.25) is 0 Å². The molecule has 1 saturated carbocycles. The maximum atomic E-state index is 5.73. The van der Waals surface area contributed by atoms with Gasteiger partial charge in [0.1, 0.15) is 0 Å². The molecule has 0 spiro atoms. The van der Waals surface area contributed by atoms with Gasteiger partial charge < -0.3 is 4.74 Å². The Bertz CT molecular complexity index is 379. The first kappa shape index (κ1) is 14.2. The van der Waals surface area contributed by atoms with E-state index in [1.54, 1.807) is 7.11 Å². The lowest BCUT2D eigenvalue weighted by molar-refractivity contribution is -0.0248. The van der Waals surface area contributed by atoms with Crippen LogP contribution in [-0.4, -0.2) is 12.8 Å². The second-order valence-corrected chi connectivity index (χ2v) is 5.31. The van der Waals surface area contributed by atoms with Crippen LogP contribution in [0.4, 0.5) is 5.69 Å². The zero-order valence-corrected chi connectivity index (χ0v) is 11.8. The number of benzene rings is 1. The molecule has 1 aromatic carbocycles. The minimum atomic E-state index is -0.403. The topological polar surface area (TPSA) is 34.0 Å². The summed E-state index contributed by atoms with van der Waals surface area (Å²) in [6, 6.07) is 9.91. The van der Waals surface area contributed by atoms with Gasteiger partial charge >= 0.3 is 0 Å². The van der Waals surface area contributed by atoms with Crippen LogP contribution in [0.5, 0.6) is 0 Å². The van der Waals surface area contributed by atoms with E-state index >= 15 is 0 Å². The Morgan fingerprint density at radius 1 is 0.895 bits per heavy atom. The molecule has 104 valence electrons. The van der Waals surface area contributed by atoms with Gasteiger partial charge in [0.25, 0.3) is 0 Å². The quantitative estimate of drug-likeness (QED) is 0.683. The molecule has 0 N–H and O–H groups in total. The third-order valence-corrected chi connectivity index (χ3v) is 3.87. The SMILES string of the molecule is COC1(N=Nc2ccccc2)CCCCCCCC1. The van der Waals surface area contributed by atoms with Crippen molar-refractivity contribution in [3.8, 4) is 0 Å². The fourth-order valence-electron chi connectivity index (χ4n) is 2.62. The first-order valence-corrected chi connectivity index (χ1v) is 7.38. The van der Waals surface area contributed by atoms with Gasteiger partial charge in [-0.05, 0) is 37.8 Å². The summed E-state index contributed by atoms with van der Waals surface area (Å²) in [4.78, 5) is 0. The summed E-state index contributed by atoms with van der Waals surface area (Å²) < 4.78 is 5.73. The Morgan fingerprint density at radius 3 is 2.05 bits per heavy atom. The van der Waals surface area contributed by atoms with Crippen molar-refractivity contribution in [3.05, 3.63) is 30.3 Å². The first-order valence-electron chi connectivity index (χ1n) is 7.38. The maximum Gasteiger partial charge on any atom is 0.178 e. The van der Waals surface area contributed by atoms with E-state index in [9.17, 15) is 0 Å². The van der Waals surface area contributed by atoms with Gasteiger partial charge in [0.15, 0.2) is 5.72 Å². The lowest BCUT2D eigenvalue weighted by Gasteiger charge is -2.26. The molecule has 0 unspecified atom stereocenters. The molecule has 1 aliphatic carbocycles. The summed E-state index contributed by atoms with van der Waals surface area (Å²) >= 11 is 0. The Balaban J connectivity index is 2.08. The number of nitrogens with zero attached hydrogens (tertiary/aromatic N) is 2. The molecule has 2 rings (SSSR count). The van der Waals surface area contributed by atoms with E-state index in [0.29, 0.717) is 0 Å². The van der Waals surface area contributed by atoms with Crippen LogP contribution in [0.1, 0.15) is 51.4 Å². The van der Waals surface area contributed by atoms with Crippen molar-refractivity contribution in [2.45, 2.75) is 57.1 Å². The molecule has 0 heterocycles. The summed E-state index contributed by atoms with van der Waals surface area (Å²) in [6.45, 7) is 0. The minimum Gasteiger partial charge on any atom is -0.355 e. The van der Waals surface area contributed by atoms with Crippen molar-refractivity contribution >= 4 is 5.69 Å². The first-order chi connectivity index (χ1) is 9.35. The zero-order valence-electron chi connectivity index (χ0n) is 11.8. The minimum absolute atomic E-state index is 0.403. The van der Waals surface area contributed by atoms with Gasteiger partial charge in [0, 0.05) is 7.11 Å². The molecule has 19 heavy (non-hydrogen) atoms. The van der Waals surface area contributed by atoms with Crippen molar-refractivity contribution < 1.29 is 4.74 Å². The van der Waals surface area contributed by atoms with Gasteiger partial charge in [-0.15, -0.1) is 0 Å². The lowest BCUT2D eigenvalue weighted by atomic mass is 10.0. The number of hydrogen-bond donors (Lipinski definition) is 0. The number of methoxy groups -OCH3 is 1. The molecule has 0 bridgehead atoms. The summed E-state index contributed by atoms with van der Waals surface area (Å²) in [5.74, 6) is 0. The molecule has 0 radical (unpaired) electrons. The normalized spacial score (nSPS) is 20.7. The average molecular weight is 260 g/mol. The van der Waals surface area contributed by atoms with Crippen LogP contribution in [0.15, 0.2) is 40.6 Å². The Labute approximate surface area is 116 Å². The molecule has 1 fully saturated rings. The zero-order chi connectivity index (χ0) is 13.4. The molecule has 1 aliphatic rings. The molecule has 3 nitrogen and oxygen atoms in total. The highest BCUT2D eigenvalue weighted by Crippen LogP contribution is 2.31. The monoisotopic (exact) mass is 260 g/mol. The highest BCUT2D eigenvalue weighted by Gasteiger charge is 2.29. The second kappa shape index (κ2) is 7.39. The third kappa shape index (κ3) is 4.43. The Hall–Kier alpha value is -1.22. The largest absolute Gasteiger partial charge is 0.355 e. The van der Waals surface area contributed by atoms with Gasteiger partial charge in [-0.2, -0.15) is 10.2 Å². The Kier molecular flexibility index (Phi) is 5.52. The van der Waals surface area contributed by atoms with Crippen LogP contribution in [0.3, 0.4) is 0 Å². The molecular weight excluding hydrogens is 236 g/mol. The molecule has 0 saturated heterocycles. The molecule has 0 atom stereocenters. The predicted octanol–water partition coefficient (Wildman–Crippen LogP) is 5.25. The van der Waals surface area contributed by atoms with E-state index in [0.717, 1.165) is 18.5 Å².